The van der Waals surface area contributed by atoms with E-state index < -0.39 is 0 Å². The van der Waals surface area contributed by atoms with E-state index in [1.807, 2.05) is 18.2 Å². The zero-order chi connectivity index (χ0) is 44.0. The Balaban J connectivity index is 1.08. The predicted octanol–water partition coefficient (Wildman–Crippen LogP) is 15.8. The first-order chi connectivity index (χ1) is 33.2. The van der Waals surface area contributed by atoms with Crippen LogP contribution in [0.3, 0.4) is 0 Å². The van der Waals surface area contributed by atoms with Crippen LogP contribution in [0.25, 0.3) is 133 Å². The number of hydrogen-bond donors (Lipinski definition) is 0. The summed E-state index contributed by atoms with van der Waals surface area (Å²) in [5, 5.41) is 9.06. The number of nitrogens with zero attached hydrogens (tertiary/aromatic N) is 5. The van der Waals surface area contributed by atoms with Gasteiger partial charge >= 0.3 is 0 Å². The van der Waals surface area contributed by atoms with Crippen molar-refractivity contribution in [1.29, 1.82) is 0 Å². The van der Waals surface area contributed by atoms with Crippen LogP contribution in [0.2, 0.25) is 0 Å². The topological polar surface area (TPSA) is 61.7 Å². The molecule has 0 saturated heterocycles. The van der Waals surface area contributed by atoms with Gasteiger partial charge in [0.15, 0.2) is 23.1 Å². The smallest absolute Gasteiger partial charge is 0.166 e. The third kappa shape index (κ3) is 5.86. The normalized spacial score (nSPS) is 11.9. The molecule has 0 bridgehead atoms. The molecule has 67 heavy (non-hydrogen) atoms. The fourth-order valence-corrected chi connectivity index (χ4v) is 10.3. The number of furan rings is 1. The second kappa shape index (κ2) is 14.7. The second-order valence-corrected chi connectivity index (χ2v) is 17.2. The van der Waals surface area contributed by atoms with Crippen LogP contribution in [-0.2, 0) is 0 Å². The number of benzene rings is 10. The summed E-state index contributed by atoms with van der Waals surface area (Å²) < 4.78 is 11.7. The first-order valence-electron chi connectivity index (χ1n) is 22.6. The third-order valence-electron chi connectivity index (χ3n) is 13.3. The fourth-order valence-electron chi connectivity index (χ4n) is 10.3. The van der Waals surface area contributed by atoms with Crippen LogP contribution in [0, 0.1) is 0 Å². The van der Waals surface area contributed by atoms with Crippen molar-refractivity contribution in [2.24, 2.45) is 0 Å². The molecule has 0 fully saturated rings. The highest BCUT2D eigenvalue weighted by Gasteiger charge is 2.25. The van der Waals surface area contributed by atoms with E-state index >= 15 is 0 Å². The SMILES string of the molecule is c1ccc(-c2cccc(-c3nc(-c4ccc5c6ccccc6n(-c6ccccc6)c5c4)nc(-c4ccc5c(oc6ccccc65)c4-n4c5ccccc5c5cc6ccccc6cc54)n3)c2)cc1. The highest BCUT2D eigenvalue weighted by Crippen LogP contribution is 2.44. The van der Waals surface area contributed by atoms with Crippen LogP contribution in [0.15, 0.2) is 229 Å². The van der Waals surface area contributed by atoms with Gasteiger partial charge in [0.25, 0.3) is 0 Å². The van der Waals surface area contributed by atoms with Crippen molar-refractivity contribution in [1.82, 2.24) is 24.1 Å². The van der Waals surface area contributed by atoms with E-state index in [1.165, 1.54) is 10.8 Å². The molecule has 14 rings (SSSR count). The van der Waals surface area contributed by atoms with Crippen LogP contribution in [0.5, 0.6) is 0 Å². The molecule has 0 atom stereocenters. The van der Waals surface area contributed by atoms with Crippen molar-refractivity contribution >= 4 is 76.3 Å². The van der Waals surface area contributed by atoms with Gasteiger partial charge < -0.3 is 13.6 Å². The minimum atomic E-state index is 0.540. The summed E-state index contributed by atoms with van der Waals surface area (Å²) >= 11 is 0. The maximum absolute atomic E-state index is 6.99. The molecule has 4 aromatic heterocycles. The van der Waals surface area contributed by atoms with E-state index in [0.29, 0.717) is 17.5 Å². The van der Waals surface area contributed by atoms with Gasteiger partial charge in [-0.1, -0.05) is 158 Å². The van der Waals surface area contributed by atoms with Crippen LogP contribution >= 0.6 is 0 Å². The molecular formula is C61H37N5O. The lowest BCUT2D eigenvalue weighted by Gasteiger charge is -2.16. The molecule has 10 aromatic carbocycles. The first kappa shape index (κ1) is 37.3. The summed E-state index contributed by atoms with van der Waals surface area (Å²) in [6, 6.07) is 79.1. The molecule has 4 heterocycles. The van der Waals surface area contributed by atoms with E-state index in [2.05, 4.69) is 215 Å². The van der Waals surface area contributed by atoms with Crippen molar-refractivity contribution in [3.05, 3.63) is 224 Å². The Labute approximate surface area is 384 Å². The highest BCUT2D eigenvalue weighted by molar-refractivity contribution is 6.17. The number of hydrogen-bond acceptors (Lipinski definition) is 4. The predicted molar refractivity (Wildman–Crippen MR) is 275 cm³/mol. The fraction of sp³-hybridized carbons (Fsp3) is 0. The molecule has 312 valence electrons. The summed E-state index contributed by atoms with van der Waals surface area (Å²) in [5.41, 5.74) is 12.7. The molecular weight excluding hydrogens is 819 g/mol. The lowest BCUT2D eigenvalue weighted by atomic mass is 10.0. The summed E-state index contributed by atoms with van der Waals surface area (Å²) in [5.74, 6) is 1.68. The van der Waals surface area contributed by atoms with Crippen molar-refractivity contribution in [3.63, 3.8) is 0 Å². The molecule has 14 aromatic rings. The van der Waals surface area contributed by atoms with E-state index in [0.717, 1.165) is 105 Å². The van der Waals surface area contributed by atoms with Crippen molar-refractivity contribution < 1.29 is 4.42 Å². The standard InChI is InChI=1S/C61H37N5O/c1-3-16-38(17-4-1)39-20-15-21-42(34-39)59-62-60(43-30-31-47-45-24-9-12-27-52(45)65(54(47)37-43)44-22-5-2-6-23-44)64-61(63-59)50-33-32-49-48-26-11-14-29-56(48)67-58(49)57(50)66-53-28-13-10-25-46(53)51-35-40-18-7-8-19-41(40)36-55(51)66/h1-37H. The average Bonchev–Trinajstić information content (AvgIpc) is 4.05. The first-order valence-corrected chi connectivity index (χ1v) is 22.6. The Morgan fingerprint density at radius 3 is 1.66 bits per heavy atom. The summed E-state index contributed by atoms with van der Waals surface area (Å²) in [7, 11) is 0. The van der Waals surface area contributed by atoms with Gasteiger partial charge in [0.2, 0.25) is 0 Å². The van der Waals surface area contributed by atoms with E-state index in [-0.39, 0.29) is 0 Å². The van der Waals surface area contributed by atoms with Gasteiger partial charge in [-0.25, -0.2) is 15.0 Å². The third-order valence-corrected chi connectivity index (χ3v) is 13.3. The zero-order valence-corrected chi connectivity index (χ0v) is 36.0. The number of para-hydroxylation sites is 4. The average molecular weight is 856 g/mol. The quantitative estimate of drug-likeness (QED) is 0.167. The summed E-state index contributed by atoms with van der Waals surface area (Å²) in [6.45, 7) is 0. The number of aromatic nitrogens is 5. The summed E-state index contributed by atoms with van der Waals surface area (Å²) in [6.07, 6.45) is 0. The van der Waals surface area contributed by atoms with Gasteiger partial charge in [-0.2, -0.15) is 0 Å². The lowest BCUT2D eigenvalue weighted by Crippen LogP contribution is -2.04. The van der Waals surface area contributed by atoms with Crippen molar-refractivity contribution in [2.45, 2.75) is 0 Å². The second-order valence-electron chi connectivity index (χ2n) is 17.2. The van der Waals surface area contributed by atoms with E-state index in [9.17, 15) is 0 Å². The molecule has 0 amide bonds. The minimum Gasteiger partial charge on any atom is -0.454 e. The molecule has 0 aliphatic heterocycles. The van der Waals surface area contributed by atoms with E-state index in [1.54, 1.807) is 0 Å². The molecule has 0 spiro atoms. The summed E-state index contributed by atoms with van der Waals surface area (Å²) in [4.78, 5) is 16.3. The molecule has 0 unspecified atom stereocenters. The number of rotatable bonds is 6. The molecule has 0 aliphatic rings. The molecule has 6 heteroatoms. The van der Waals surface area contributed by atoms with Crippen molar-refractivity contribution in [3.8, 4) is 56.7 Å². The molecule has 0 radical (unpaired) electrons. The van der Waals surface area contributed by atoms with Crippen molar-refractivity contribution in [2.75, 3.05) is 0 Å². The number of fused-ring (bicyclic) bond motifs is 10. The van der Waals surface area contributed by atoms with Crippen LogP contribution in [0.4, 0.5) is 0 Å². The maximum atomic E-state index is 6.99. The van der Waals surface area contributed by atoms with Gasteiger partial charge in [-0.05, 0) is 88.6 Å². The maximum Gasteiger partial charge on any atom is 0.166 e. The van der Waals surface area contributed by atoms with Gasteiger partial charge in [-0.15, -0.1) is 0 Å². The van der Waals surface area contributed by atoms with Gasteiger partial charge in [0, 0.05) is 54.7 Å². The Hall–Kier alpha value is -9.13. The molecule has 0 N–H and O–H groups in total. The largest absolute Gasteiger partial charge is 0.454 e. The Kier molecular flexibility index (Phi) is 8.18. The van der Waals surface area contributed by atoms with Crippen LogP contribution in [0.1, 0.15) is 0 Å². The Morgan fingerprint density at radius 2 is 0.866 bits per heavy atom. The minimum absolute atomic E-state index is 0.540. The molecule has 6 nitrogen and oxygen atoms in total. The van der Waals surface area contributed by atoms with Gasteiger partial charge in [0.1, 0.15) is 11.3 Å². The van der Waals surface area contributed by atoms with Gasteiger partial charge in [0.05, 0.1) is 22.1 Å². The monoisotopic (exact) mass is 855 g/mol. The van der Waals surface area contributed by atoms with Gasteiger partial charge in [-0.3, -0.25) is 0 Å². The lowest BCUT2D eigenvalue weighted by molar-refractivity contribution is 0.666. The Bertz CT molecular complexity index is 4280. The zero-order valence-electron chi connectivity index (χ0n) is 36.0. The highest BCUT2D eigenvalue weighted by atomic mass is 16.3. The van der Waals surface area contributed by atoms with Crippen LogP contribution in [-0.4, -0.2) is 24.1 Å². The van der Waals surface area contributed by atoms with E-state index in [4.69, 9.17) is 19.4 Å². The Morgan fingerprint density at radius 1 is 0.313 bits per heavy atom. The van der Waals surface area contributed by atoms with Crippen LogP contribution < -0.4 is 0 Å². The molecule has 0 saturated carbocycles. The molecule has 0 aliphatic carbocycles.